The third-order valence-electron chi connectivity index (χ3n) is 2.03. The lowest BCUT2D eigenvalue weighted by Crippen LogP contribution is -2.43. The van der Waals surface area contributed by atoms with Gasteiger partial charge in [0.05, 0.1) is 10.9 Å². The number of carbonyl (C=O) groups excluding carboxylic acids is 1. The lowest BCUT2D eigenvalue weighted by molar-refractivity contribution is -0.121. The van der Waals surface area contributed by atoms with Gasteiger partial charge in [0.2, 0.25) is 15.9 Å². The van der Waals surface area contributed by atoms with Crippen LogP contribution in [0.4, 0.5) is 0 Å². The standard InChI is InChI=1S/C10H14N2O3S/c1-8(10(13)11-2)12-16(14,15)9-6-4-3-5-7-9/h3-8,12H,1-2H3,(H,11,13)/t8-/m1/s1. The lowest BCUT2D eigenvalue weighted by Gasteiger charge is -2.12. The number of likely N-dealkylation sites (N-methyl/N-ethyl adjacent to an activating group) is 1. The van der Waals surface area contributed by atoms with Crippen molar-refractivity contribution in [3.05, 3.63) is 30.3 Å². The Labute approximate surface area is 94.9 Å². The number of hydrogen-bond donors (Lipinski definition) is 2. The van der Waals surface area contributed by atoms with E-state index in [2.05, 4.69) is 10.0 Å². The highest BCUT2D eigenvalue weighted by Gasteiger charge is 2.20. The number of hydrogen-bond acceptors (Lipinski definition) is 3. The second-order valence-electron chi connectivity index (χ2n) is 3.27. The molecule has 0 heterocycles. The summed E-state index contributed by atoms with van der Waals surface area (Å²) in [6.45, 7) is 1.49. The Hall–Kier alpha value is -1.40. The molecule has 5 nitrogen and oxygen atoms in total. The monoisotopic (exact) mass is 242 g/mol. The highest BCUT2D eigenvalue weighted by Crippen LogP contribution is 2.07. The van der Waals surface area contributed by atoms with Gasteiger partial charge < -0.3 is 5.32 Å². The van der Waals surface area contributed by atoms with Gasteiger partial charge in [0, 0.05) is 7.05 Å². The molecule has 0 radical (unpaired) electrons. The number of rotatable bonds is 4. The molecule has 1 atom stereocenters. The molecule has 0 aliphatic heterocycles. The summed E-state index contributed by atoms with van der Waals surface area (Å²) in [5.41, 5.74) is 0. The van der Waals surface area contributed by atoms with Gasteiger partial charge in [-0.25, -0.2) is 8.42 Å². The Kier molecular flexibility index (Phi) is 4.03. The van der Waals surface area contributed by atoms with Crippen LogP contribution >= 0.6 is 0 Å². The Morgan fingerprint density at radius 3 is 2.31 bits per heavy atom. The predicted octanol–water partition coefficient (Wildman–Crippen LogP) is 0.0994. The molecule has 0 bridgehead atoms. The molecule has 0 aliphatic carbocycles. The van der Waals surface area contributed by atoms with Crippen molar-refractivity contribution in [3.63, 3.8) is 0 Å². The van der Waals surface area contributed by atoms with Crippen LogP contribution in [-0.2, 0) is 14.8 Å². The van der Waals surface area contributed by atoms with E-state index in [9.17, 15) is 13.2 Å². The minimum absolute atomic E-state index is 0.144. The molecule has 6 heteroatoms. The average Bonchev–Trinajstić information content (AvgIpc) is 2.28. The number of nitrogens with one attached hydrogen (secondary N) is 2. The van der Waals surface area contributed by atoms with Crippen LogP contribution in [0.25, 0.3) is 0 Å². The van der Waals surface area contributed by atoms with E-state index < -0.39 is 16.1 Å². The van der Waals surface area contributed by atoms with Gasteiger partial charge in [-0.2, -0.15) is 4.72 Å². The van der Waals surface area contributed by atoms with Gasteiger partial charge >= 0.3 is 0 Å². The van der Waals surface area contributed by atoms with Gasteiger partial charge in [-0.15, -0.1) is 0 Å². The fourth-order valence-corrected chi connectivity index (χ4v) is 2.39. The first kappa shape index (κ1) is 12.7. The minimum Gasteiger partial charge on any atom is -0.358 e. The largest absolute Gasteiger partial charge is 0.358 e. The smallest absolute Gasteiger partial charge is 0.241 e. The van der Waals surface area contributed by atoms with Crippen LogP contribution in [0.15, 0.2) is 35.2 Å². The summed E-state index contributed by atoms with van der Waals surface area (Å²) in [4.78, 5) is 11.3. The first-order valence-electron chi connectivity index (χ1n) is 4.76. The van der Waals surface area contributed by atoms with E-state index in [1.54, 1.807) is 18.2 Å². The van der Waals surface area contributed by atoms with Crippen molar-refractivity contribution in [2.75, 3.05) is 7.05 Å². The molecule has 0 aliphatic rings. The summed E-state index contributed by atoms with van der Waals surface area (Å²) in [5, 5.41) is 2.37. The summed E-state index contributed by atoms with van der Waals surface area (Å²) in [7, 11) is -2.17. The molecule has 1 amide bonds. The van der Waals surface area contributed by atoms with Gasteiger partial charge in [-0.3, -0.25) is 4.79 Å². The molecule has 16 heavy (non-hydrogen) atoms. The zero-order valence-electron chi connectivity index (χ0n) is 9.10. The van der Waals surface area contributed by atoms with E-state index in [0.717, 1.165) is 0 Å². The molecule has 0 aromatic heterocycles. The molecule has 1 aromatic rings. The predicted molar refractivity (Wildman–Crippen MR) is 60.3 cm³/mol. The molecule has 2 N–H and O–H groups in total. The molecule has 0 saturated carbocycles. The SMILES string of the molecule is CNC(=O)[C@@H](C)NS(=O)(=O)c1ccccc1. The van der Waals surface area contributed by atoms with Crippen LogP contribution in [0.2, 0.25) is 0 Å². The van der Waals surface area contributed by atoms with Gasteiger partial charge in [0.15, 0.2) is 0 Å². The van der Waals surface area contributed by atoms with E-state index in [1.165, 1.54) is 26.1 Å². The Bertz CT molecular complexity index is 456. The van der Waals surface area contributed by atoms with Crippen molar-refractivity contribution < 1.29 is 13.2 Å². The third-order valence-corrected chi connectivity index (χ3v) is 3.58. The average molecular weight is 242 g/mol. The Morgan fingerprint density at radius 1 is 1.25 bits per heavy atom. The molecule has 0 fully saturated rings. The molecule has 0 unspecified atom stereocenters. The van der Waals surface area contributed by atoms with Gasteiger partial charge in [-0.05, 0) is 19.1 Å². The van der Waals surface area contributed by atoms with E-state index in [4.69, 9.17) is 0 Å². The van der Waals surface area contributed by atoms with Crippen molar-refractivity contribution in [1.29, 1.82) is 0 Å². The van der Waals surface area contributed by atoms with Crippen LogP contribution in [0.5, 0.6) is 0 Å². The maximum Gasteiger partial charge on any atom is 0.241 e. The van der Waals surface area contributed by atoms with Crippen LogP contribution in [-0.4, -0.2) is 27.4 Å². The summed E-state index contributed by atoms with van der Waals surface area (Å²) < 4.78 is 25.8. The van der Waals surface area contributed by atoms with Crippen molar-refractivity contribution in [2.24, 2.45) is 0 Å². The number of carbonyl (C=O) groups is 1. The molecule has 0 spiro atoms. The fraction of sp³-hybridized carbons (Fsp3) is 0.300. The normalized spacial score (nSPS) is 13.1. The number of benzene rings is 1. The van der Waals surface area contributed by atoms with Crippen molar-refractivity contribution in [1.82, 2.24) is 10.0 Å². The summed E-state index contributed by atoms with van der Waals surface area (Å²) >= 11 is 0. The third kappa shape index (κ3) is 3.04. The highest BCUT2D eigenvalue weighted by molar-refractivity contribution is 7.89. The van der Waals surface area contributed by atoms with E-state index in [0.29, 0.717) is 0 Å². The topological polar surface area (TPSA) is 75.3 Å². The van der Waals surface area contributed by atoms with Gasteiger partial charge in [0.25, 0.3) is 0 Å². The zero-order chi connectivity index (χ0) is 12.2. The second kappa shape index (κ2) is 5.09. The quantitative estimate of drug-likeness (QED) is 0.786. The summed E-state index contributed by atoms with van der Waals surface area (Å²) in [5.74, 6) is -0.375. The lowest BCUT2D eigenvalue weighted by atomic mass is 10.3. The first-order chi connectivity index (χ1) is 7.47. The summed E-state index contributed by atoms with van der Waals surface area (Å²) in [6, 6.07) is 7.12. The van der Waals surface area contributed by atoms with E-state index >= 15 is 0 Å². The van der Waals surface area contributed by atoms with E-state index in [-0.39, 0.29) is 10.8 Å². The second-order valence-corrected chi connectivity index (χ2v) is 4.98. The maximum atomic E-state index is 11.8. The zero-order valence-corrected chi connectivity index (χ0v) is 9.91. The first-order valence-corrected chi connectivity index (χ1v) is 6.24. The molecule has 1 rings (SSSR count). The molecule has 1 aromatic carbocycles. The summed E-state index contributed by atoms with van der Waals surface area (Å²) in [6.07, 6.45) is 0. The van der Waals surface area contributed by atoms with Crippen LogP contribution in [0, 0.1) is 0 Å². The molecular formula is C10H14N2O3S. The van der Waals surface area contributed by atoms with Crippen molar-refractivity contribution >= 4 is 15.9 Å². The Morgan fingerprint density at radius 2 is 1.81 bits per heavy atom. The van der Waals surface area contributed by atoms with Crippen LogP contribution < -0.4 is 10.0 Å². The van der Waals surface area contributed by atoms with Gasteiger partial charge in [0.1, 0.15) is 0 Å². The van der Waals surface area contributed by atoms with Crippen LogP contribution in [0.3, 0.4) is 0 Å². The van der Waals surface area contributed by atoms with Crippen molar-refractivity contribution in [2.45, 2.75) is 17.9 Å². The fourth-order valence-electron chi connectivity index (χ4n) is 1.17. The number of amides is 1. The molecule has 0 saturated heterocycles. The highest BCUT2D eigenvalue weighted by atomic mass is 32.2. The number of sulfonamides is 1. The molecular weight excluding hydrogens is 228 g/mol. The minimum atomic E-state index is -3.63. The van der Waals surface area contributed by atoms with Gasteiger partial charge in [-0.1, -0.05) is 18.2 Å². The Balaban J connectivity index is 2.85. The van der Waals surface area contributed by atoms with E-state index in [1.807, 2.05) is 0 Å². The van der Waals surface area contributed by atoms with Crippen molar-refractivity contribution in [3.8, 4) is 0 Å². The molecule has 88 valence electrons. The maximum absolute atomic E-state index is 11.8. The van der Waals surface area contributed by atoms with Crippen LogP contribution in [0.1, 0.15) is 6.92 Å².